The Hall–Kier alpha value is -3.45. The Morgan fingerprint density at radius 2 is 1.97 bits per heavy atom. The van der Waals surface area contributed by atoms with Gasteiger partial charge in [0.05, 0.1) is 21.0 Å². The second-order valence-electron chi connectivity index (χ2n) is 7.09. The van der Waals surface area contributed by atoms with Crippen LogP contribution in [0.3, 0.4) is 0 Å². The molecule has 4 heterocycles. The molecule has 0 radical (unpaired) electrons. The van der Waals surface area contributed by atoms with Crippen LogP contribution in [-0.2, 0) is 14.6 Å². The molecular weight excluding hydrogens is 440 g/mol. The Labute approximate surface area is 180 Å². The second kappa shape index (κ2) is 7.35. The van der Waals surface area contributed by atoms with Crippen LogP contribution in [0.5, 0.6) is 0 Å². The second-order valence-corrected chi connectivity index (χ2v) is 10.1. The zero-order chi connectivity index (χ0) is 21.6. The average Bonchev–Trinajstić information content (AvgIpc) is 3.35. The molecule has 31 heavy (non-hydrogen) atoms. The average molecular weight is 457 g/mol. The summed E-state index contributed by atoms with van der Waals surface area (Å²) in [6.07, 6.45) is 5.59. The lowest BCUT2D eigenvalue weighted by Gasteiger charge is -2.38. The Morgan fingerprint density at radius 3 is 2.71 bits per heavy atom. The van der Waals surface area contributed by atoms with Crippen molar-refractivity contribution in [2.24, 2.45) is 5.92 Å². The van der Waals surface area contributed by atoms with Crippen molar-refractivity contribution in [1.82, 2.24) is 29.7 Å². The minimum atomic E-state index is -3.30. The van der Waals surface area contributed by atoms with Crippen molar-refractivity contribution in [2.75, 3.05) is 29.6 Å². The maximum atomic E-state index is 12.6. The van der Waals surface area contributed by atoms with Gasteiger partial charge in [-0.25, -0.2) is 33.0 Å². The van der Waals surface area contributed by atoms with Crippen LogP contribution in [0, 0.1) is 5.92 Å². The number of rotatable bonds is 5. The van der Waals surface area contributed by atoms with E-state index < -0.39 is 9.84 Å². The number of hydrogen-bond donors (Lipinski definition) is 1. The van der Waals surface area contributed by atoms with Crippen LogP contribution in [0.15, 0.2) is 48.1 Å². The fraction of sp³-hybridized carbons (Fsp3) is 0.222. The monoisotopic (exact) mass is 456 g/mol. The normalized spacial score (nSPS) is 14.5. The molecule has 4 aromatic rings. The SMILES string of the molecule is CS(=O)(=O)c1ccc2nc(NC(=O)C3CN(c4cc(-n5cncn5)ncn4)C3)sc2c1. The van der Waals surface area contributed by atoms with Crippen LogP contribution in [0.25, 0.3) is 16.0 Å². The van der Waals surface area contributed by atoms with Gasteiger partial charge >= 0.3 is 0 Å². The fourth-order valence-corrected chi connectivity index (χ4v) is 4.82. The van der Waals surface area contributed by atoms with Crippen molar-refractivity contribution in [3.8, 4) is 5.82 Å². The molecule has 0 saturated carbocycles. The predicted octanol–water partition coefficient (Wildman–Crippen LogP) is 1.15. The number of sulfone groups is 1. The van der Waals surface area contributed by atoms with Crippen LogP contribution < -0.4 is 10.2 Å². The van der Waals surface area contributed by atoms with Gasteiger partial charge in [0.25, 0.3) is 0 Å². The van der Waals surface area contributed by atoms with Gasteiger partial charge in [-0.3, -0.25) is 4.79 Å². The highest BCUT2D eigenvalue weighted by Crippen LogP contribution is 2.30. The molecule has 5 rings (SSSR count). The van der Waals surface area contributed by atoms with Gasteiger partial charge in [-0.2, -0.15) is 5.10 Å². The van der Waals surface area contributed by atoms with E-state index in [9.17, 15) is 13.2 Å². The van der Waals surface area contributed by atoms with Gasteiger partial charge in [0.1, 0.15) is 24.8 Å². The van der Waals surface area contributed by atoms with Crippen LogP contribution in [0.1, 0.15) is 0 Å². The summed E-state index contributed by atoms with van der Waals surface area (Å²) in [5, 5.41) is 7.33. The predicted molar refractivity (Wildman–Crippen MR) is 114 cm³/mol. The van der Waals surface area contributed by atoms with E-state index in [-0.39, 0.29) is 16.7 Å². The lowest BCUT2D eigenvalue weighted by Crippen LogP contribution is -2.52. The lowest BCUT2D eigenvalue weighted by molar-refractivity contribution is -0.120. The van der Waals surface area contributed by atoms with E-state index in [4.69, 9.17) is 0 Å². The maximum absolute atomic E-state index is 12.6. The molecule has 0 spiro atoms. The standard InChI is InChI=1S/C18H16N8O3S2/c1-31(28,29)12-2-3-13-14(4-12)30-18(23-13)24-17(27)11-6-25(7-11)15-5-16(21-9-20-15)26-10-19-8-22-26/h2-5,8-11H,6-7H2,1H3,(H,23,24,27). The van der Waals surface area contributed by atoms with Crippen molar-refractivity contribution in [3.05, 3.63) is 43.2 Å². The maximum Gasteiger partial charge on any atom is 0.232 e. The minimum Gasteiger partial charge on any atom is -0.355 e. The van der Waals surface area contributed by atoms with Gasteiger partial charge < -0.3 is 10.2 Å². The van der Waals surface area contributed by atoms with Crippen molar-refractivity contribution in [1.29, 1.82) is 0 Å². The Balaban J connectivity index is 1.24. The molecule has 11 nitrogen and oxygen atoms in total. The van der Waals surface area contributed by atoms with Crippen molar-refractivity contribution >= 4 is 48.2 Å². The van der Waals surface area contributed by atoms with E-state index in [1.165, 1.54) is 34.7 Å². The summed E-state index contributed by atoms with van der Waals surface area (Å²) in [6.45, 7) is 1.03. The highest BCUT2D eigenvalue weighted by molar-refractivity contribution is 7.90. The summed E-state index contributed by atoms with van der Waals surface area (Å²) in [5.74, 6) is 0.962. The Morgan fingerprint density at radius 1 is 1.16 bits per heavy atom. The first-order valence-electron chi connectivity index (χ1n) is 9.20. The zero-order valence-electron chi connectivity index (χ0n) is 16.2. The highest BCUT2D eigenvalue weighted by Gasteiger charge is 2.34. The summed E-state index contributed by atoms with van der Waals surface area (Å²) in [4.78, 5) is 31.5. The van der Waals surface area contributed by atoms with Crippen molar-refractivity contribution in [3.63, 3.8) is 0 Å². The molecule has 1 saturated heterocycles. The van der Waals surface area contributed by atoms with Gasteiger partial charge in [-0.15, -0.1) is 0 Å². The van der Waals surface area contributed by atoms with Gasteiger partial charge in [-0.1, -0.05) is 11.3 Å². The molecule has 1 amide bonds. The van der Waals surface area contributed by atoms with Crippen LogP contribution >= 0.6 is 11.3 Å². The highest BCUT2D eigenvalue weighted by atomic mass is 32.2. The smallest absolute Gasteiger partial charge is 0.232 e. The summed E-state index contributed by atoms with van der Waals surface area (Å²) >= 11 is 1.25. The molecular formula is C18H16N8O3S2. The summed E-state index contributed by atoms with van der Waals surface area (Å²) < 4.78 is 25.7. The number of thiazole rings is 1. The molecule has 0 bridgehead atoms. The molecule has 158 valence electrons. The quantitative estimate of drug-likeness (QED) is 0.469. The number of aromatic nitrogens is 6. The zero-order valence-corrected chi connectivity index (χ0v) is 17.8. The Bertz CT molecular complexity index is 1380. The molecule has 1 N–H and O–H groups in total. The molecule has 13 heteroatoms. The molecule has 1 aromatic carbocycles. The van der Waals surface area contributed by atoms with Crippen LogP contribution in [0.4, 0.5) is 10.9 Å². The third-order valence-corrected chi connectivity index (χ3v) is 6.93. The number of nitrogens with zero attached hydrogens (tertiary/aromatic N) is 7. The first-order chi connectivity index (χ1) is 14.9. The van der Waals surface area contributed by atoms with E-state index in [0.717, 1.165) is 6.26 Å². The number of carbonyl (C=O) groups excluding carboxylic acids is 1. The van der Waals surface area contributed by atoms with E-state index in [2.05, 4.69) is 30.4 Å². The lowest BCUT2D eigenvalue weighted by atomic mass is 9.99. The number of fused-ring (bicyclic) bond motifs is 1. The van der Waals surface area contributed by atoms with E-state index >= 15 is 0 Å². The number of anilines is 2. The van der Waals surface area contributed by atoms with Crippen molar-refractivity contribution in [2.45, 2.75) is 4.90 Å². The van der Waals surface area contributed by atoms with E-state index in [1.807, 2.05) is 4.90 Å². The number of nitrogens with one attached hydrogen (secondary N) is 1. The van der Waals surface area contributed by atoms with Crippen molar-refractivity contribution < 1.29 is 13.2 Å². The van der Waals surface area contributed by atoms with E-state index in [1.54, 1.807) is 24.5 Å². The third kappa shape index (κ3) is 3.84. The number of hydrogen-bond acceptors (Lipinski definition) is 10. The topological polar surface area (TPSA) is 136 Å². The van der Waals surface area contributed by atoms with E-state index in [0.29, 0.717) is 40.1 Å². The van der Waals surface area contributed by atoms with Gasteiger partial charge in [0.15, 0.2) is 20.8 Å². The minimum absolute atomic E-state index is 0.135. The molecule has 1 aliphatic rings. The van der Waals surface area contributed by atoms with Crippen LogP contribution in [0.2, 0.25) is 0 Å². The fourth-order valence-electron chi connectivity index (χ4n) is 3.19. The first kappa shape index (κ1) is 19.5. The van der Waals surface area contributed by atoms with Gasteiger partial charge in [0, 0.05) is 25.4 Å². The molecule has 1 fully saturated rings. The molecule has 3 aromatic heterocycles. The third-order valence-electron chi connectivity index (χ3n) is 4.89. The van der Waals surface area contributed by atoms with Crippen LogP contribution in [-0.4, -0.2) is 63.4 Å². The molecule has 0 unspecified atom stereocenters. The number of amides is 1. The summed E-state index contributed by atoms with van der Waals surface area (Å²) in [6, 6.07) is 6.52. The number of benzene rings is 1. The van der Waals surface area contributed by atoms with Gasteiger partial charge in [-0.05, 0) is 18.2 Å². The summed E-state index contributed by atoms with van der Waals surface area (Å²) in [7, 11) is -3.30. The largest absolute Gasteiger partial charge is 0.355 e. The number of carbonyl (C=O) groups is 1. The summed E-state index contributed by atoms with van der Waals surface area (Å²) in [5.41, 5.74) is 0.643. The molecule has 0 atom stereocenters. The van der Waals surface area contributed by atoms with Gasteiger partial charge in [0.2, 0.25) is 5.91 Å². The Kier molecular flexibility index (Phi) is 4.63. The molecule has 1 aliphatic heterocycles. The molecule has 0 aliphatic carbocycles. The first-order valence-corrected chi connectivity index (χ1v) is 11.9.